The number of amides is 1. The molecular weight excluding hydrogens is 290 g/mol. The second-order valence-electron chi connectivity index (χ2n) is 6.06. The number of rotatable bonds is 8. The molecule has 0 saturated heterocycles. The number of aliphatic hydroxyl groups is 1. The standard InChI is InChI=1S/C15H31N3O2.ClH/c1-2-3-9-18-15(20)13(17)14(19)12(16)10-11-7-5-4-6-8-11;/h11-14,19H,2-10,16-17H2,1H3,(H,18,20);1H/t12-,13?,14+;/m0./s1. The first-order valence-corrected chi connectivity index (χ1v) is 8.03. The molecule has 1 saturated carbocycles. The number of aliphatic hydroxyl groups excluding tert-OH is 1. The minimum absolute atomic E-state index is 0. The predicted molar refractivity (Wildman–Crippen MR) is 88.3 cm³/mol. The number of unbranched alkanes of at least 4 members (excludes halogenated alkanes) is 1. The zero-order chi connectivity index (χ0) is 15.0. The topological polar surface area (TPSA) is 101 Å². The largest absolute Gasteiger partial charge is 0.389 e. The lowest BCUT2D eigenvalue weighted by Crippen LogP contribution is -2.55. The molecule has 0 radical (unpaired) electrons. The second kappa shape index (κ2) is 11.2. The van der Waals surface area contributed by atoms with Crippen molar-refractivity contribution >= 4 is 18.3 Å². The molecule has 3 atom stereocenters. The first-order valence-electron chi connectivity index (χ1n) is 8.03. The van der Waals surface area contributed by atoms with Crippen molar-refractivity contribution in [2.45, 2.75) is 76.5 Å². The summed E-state index contributed by atoms with van der Waals surface area (Å²) in [5, 5.41) is 12.9. The summed E-state index contributed by atoms with van der Waals surface area (Å²) in [5.74, 6) is 0.272. The zero-order valence-corrected chi connectivity index (χ0v) is 13.9. The molecular formula is C15H32ClN3O2. The van der Waals surface area contributed by atoms with E-state index in [9.17, 15) is 9.90 Å². The minimum Gasteiger partial charge on any atom is -0.389 e. The van der Waals surface area contributed by atoms with Crippen LogP contribution in [0.15, 0.2) is 0 Å². The van der Waals surface area contributed by atoms with Crippen LogP contribution in [0, 0.1) is 5.92 Å². The molecule has 126 valence electrons. The van der Waals surface area contributed by atoms with E-state index in [1.54, 1.807) is 0 Å². The fraction of sp³-hybridized carbons (Fsp3) is 0.933. The average Bonchev–Trinajstić information content (AvgIpc) is 2.46. The maximum atomic E-state index is 11.8. The van der Waals surface area contributed by atoms with E-state index < -0.39 is 18.2 Å². The predicted octanol–water partition coefficient (Wildman–Crippen LogP) is 1.31. The van der Waals surface area contributed by atoms with E-state index in [2.05, 4.69) is 12.2 Å². The van der Waals surface area contributed by atoms with Crippen LogP contribution in [0.2, 0.25) is 0 Å². The average molecular weight is 322 g/mol. The van der Waals surface area contributed by atoms with Crippen LogP contribution in [-0.4, -0.2) is 35.7 Å². The van der Waals surface area contributed by atoms with Crippen LogP contribution in [0.4, 0.5) is 0 Å². The summed E-state index contributed by atoms with van der Waals surface area (Å²) < 4.78 is 0. The van der Waals surface area contributed by atoms with Crippen LogP contribution >= 0.6 is 12.4 Å². The summed E-state index contributed by atoms with van der Waals surface area (Å²) >= 11 is 0. The van der Waals surface area contributed by atoms with Gasteiger partial charge in [-0.2, -0.15) is 0 Å². The van der Waals surface area contributed by atoms with E-state index in [0.29, 0.717) is 12.5 Å². The number of hydrogen-bond acceptors (Lipinski definition) is 4. The lowest BCUT2D eigenvalue weighted by atomic mass is 9.83. The highest BCUT2D eigenvalue weighted by Crippen LogP contribution is 2.27. The van der Waals surface area contributed by atoms with Crippen molar-refractivity contribution in [1.29, 1.82) is 0 Å². The summed E-state index contributed by atoms with van der Waals surface area (Å²) in [4.78, 5) is 11.8. The summed E-state index contributed by atoms with van der Waals surface area (Å²) in [5.41, 5.74) is 11.8. The Bertz CT molecular complexity index is 286. The van der Waals surface area contributed by atoms with Gasteiger partial charge in [-0.3, -0.25) is 4.79 Å². The highest BCUT2D eigenvalue weighted by Gasteiger charge is 2.29. The highest BCUT2D eigenvalue weighted by molar-refractivity contribution is 5.85. The number of nitrogens with two attached hydrogens (primary N) is 2. The van der Waals surface area contributed by atoms with Crippen LogP contribution in [-0.2, 0) is 4.79 Å². The summed E-state index contributed by atoms with van der Waals surface area (Å²) in [6, 6.07) is -1.34. The van der Waals surface area contributed by atoms with E-state index in [1.807, 2.05) is 0 Å². The molecule has 5 nitrogen and oxygen atoms in total. The van der Waals surface area contributed by atoms with E-state index in [4.69, 9.17) is 11.5 Å². The van der Waals surface area contributed by atoms with Gasteiger partial charge >= 0.3 is 0 Å². The molecule has 0 spiro atoms. The number of carbonyl (C=O) groups is 1. The lowest BCUT2D eigenvalue weighted by molar-refractivity contribution is -0.125. The van der Waals surface area contributed by atoms with Gasteiger partial charge in [0.2, 0.25) is 5.91 Å². The third-order valence-corrected chi connectivity index (χ3v) is 4.27. The van der Waals surface area contributed by atoms with Crippen molar-refractivity contribution in [3.05, 3.63) is 0 Å². The molecule has 1 aliphatic rings. The number of nitrogens with one attached hydrogen (secondary N) is 1. The van der Waals surface area contributed by atoms with Crippen LogP contribution in [0.3, 0.4) is 0 Å². The molecule has 1 aliphatic carbocycles. The van der Waals surface area contributed by atoms with Gasteiger partial charge in [-0.1, -0.05) is 45.4 Å². The smallest absolute Gasteiger partial charge is 0.239 e. The summed E-state index contributed by atoms with van der Waals surface area (Å²) in [6.45, 7) is 2.66. The Labute approximate surface area is 134 Å². The first kappa shape index (κ1) is 20.6. The summed E-state index contributed by atoms with van der Waals surface area (Å²) in [7, 11) is 0. The first-order chi connectivity index (χ1) is 9.56. The van der Waals surface area contributed by atoms with Gasteiger partial charge in [0.15, 0.2) is 0 Å². The maximum Gasteiger partial charge on any atom is 0.239 e. The summed E-state index contributed by atoms with van der Waals surface area (Å²) in [6.07, 6.45) is 7.89. The zero-order valence-electron chi connectivity index (χ0n) is 13.1. The van der Waals surface area contributed by atoms with Crippen LogP contribution in [0.1, 0.15) is 58.3 Å². The van der Waals surface area contributed by atoms with Gasteiger partial charge in [0.05, 0.1) is 6.10 Å². The molecule has 0 aromatic carbocycles. The quantitative estimate of drug-likeness (QED) is 0.506. The third kappa shape index (κ3) is 7.45. The second-order valence-corrected chi connectivity index (χ2v) is 6.06. The monoisotopic (exact) mass is 321 g/mol. The SMILES string of the molecule is CCCCNC(=O)C(N)[C@H](O)[C@@H](N)CC1CCCCC1.Cl. The molecule has 1 unspecified atom stereocenters. The molecule has 1 amide bonds. The maximum absolute atomic E-state index is 11.8. The Morgan fingerprint density at radius 3 is 2.48 bits per heavy atom. The fourth-order valence-corrected chi connectivity index (χ4v) is 2.87. The van der Waals surface area contributed by atoms with Crippen molar-refractivity contribution in [2.24, 2.45) is 17.4 Å². The molecule has 0 bridgehead atoms. The Hall–Kier alpha value is -0.360. The Morgan fingerprint density at radius 2 is 1.90 bits per heavy atom. The Balaban J connectivity index is 0.00000400. The molecule has 0 aliphatic heterocycles. The lowest BCUT2D eigenvalue weighted by Gasteiger charge is -2.29. The highest BCUT2D eigenvalue weighted by atomic mass is 35.5. The Morgan fingerprint density at radius 1 is 1.29 bits per heavy atom. The molecule has 6 N–H and O–H groups in total. The third-order valence-electron chi connectivity index (χ3n) is 4.27. The van der Waals surface area contributed by atoms with Gasteiger partial charge in [0.25, 0.3) is 0 Å². The van der Waals surface area contributed by atoms with E-state index >= 15 is 0 Å². The van der Waals surface area contributed by atoms with E-state index in [-0.39, 0.29) is 18.3 Å². The molecule has 0 heterocycles. The van der Waals surface area contributed by atoms with Gasteiger partial charge in [-0.05, 0) is 18.8 Å². The van der Waals surface area contributed by atoms with Crippen molar-refractivity contribution < 1.29 is 9.90 Å². The molecule has 0 aromatic rings. The minimum atomic E-state index is -0.960. The van der Waals surface area contributed by atoms with Crippen molar-refractivity contribution in [3.8, 4) is 0 Å². The van der Waals surface area contributed by atoms with Crippen molar-refractivity contribution in [2.75, 3.05) is 6.54 Å². The van der Waals surface area contributed by atoms with Gasteiger partial charge in [0, 0.05) is 12.6 Å². The van der Waals surface area contributed by atoms with Gasteiger partial charge < -0.3 is 21.9 Å². The van der Waals surface area contributed by atoms with Crippen LogP contribution in [0.25, 0.3) is 0 Å². The molecule has 6 heteroatoms. The molecule has 0 aromatic heterocycles. The van der Waals surface area contributed by atoms with Gasteiger partial charge in [-0.25, -0.2) is 0 Å². The number of carbonyl (C=O) groups excluding carboxylic acids is 1. The van der Waals surface area contributed by atoms with Crippen molar-refractivity contribution in [3.63, 3.8) is 0 Å². The Kier molecular flexibility index (Phi) is 11.0. The van der Waals surface area contributed by atoms with E-state index in [1.165, 1.54) is 32.1 Å². The normalized spacial score (nSPS) is 20.2. The van der Waals surface area contributed by atoms with Crippen LogP contribution < -0.4 is 16.8 Å². The van der Waals surface area contributed by atoms with E-state index in [0.717, 1.165) is 19.3 Å². The van der Waals surface area contributed by atoms with Gasteiger partial charge in [-0.15, -0.1) is 12.4 Å². The van der Waals surface area contributed by atoms with Gasteiger partial charge in [0.1, 0.15) is 6.04 Å². The number of hydrogen-bond donors (Lipinski definition) is 4. The van der Waals surface area contributed by atoms with Crippen LogP contribution in [0.5, 0.6) is 0 Å². The molecule has 21 heavy (non-hydrogen) atoms. The molecule has 1 fully saturated rings. The fourth-order valence-electron chi connectivity index (χ4n) is 2.87. The molecule has 1 rings (SSSR count). The number of halogens is 1. The van der Waals surface area contributed by atoms with Crippen molar-refractivity contribution in [1.82, 2.24) is 5.32 Å².